The summed E-state index contributed by atoms with van der Waals surface area (Å²) < 4.78 is 10.9. The van der Waals surface area contributed by atoms with Crippen molar-refractivity contribution in [3.8, 4) is 11.3 Å². The van der Waals surface area contributed by atoms with E-state index in [0.717, 1.165) is 5.56 Å². The summed E-state index contributed by atoms with van der Waals surface area (Å²) in [5, 5.41) is 16.5. The smallest absolute Gasteiger partial charge is 0.410 e. The Bertz CT molecular complexity index is 1400. The van der Waals surface area contributed by atoms with Crippen molar-refractivity contribution in [1.29, 1.82) is 10.8 Å². The topological polar surface area (TPSA) is 133 Å². The SMILES string of the molecule is Cc1ncc(-c2ccc(C(=O)N3CCCN(C(=O)OC(C)(C)C)CC3)cc2)nc1C(=N)OC(=N)c1ccccc1. The third-order valence-corrected chi connectivity index (χ3v) is 6.27. The van der Waals surface area contributed by atoms with Gasteiger partial charge in [-0.15, -0.1) is 0 Å². The van der Waals surface area contributed by atoms with Gasteiger partial charge in [0.05, 0.1) is 17.6 Å². The minimum Gasteiger partial charge on any atom is -0.444 e. The molecular formula is C30H34N6O4. The molecule has 0 aliphatic carbocycles. The average molecular weight is 543 g/mol. The van der Waals surface area contributed by atoms with Crippen molar-refractivity contribution in [2.75, 3.05) is 26.2 Å². The molecule has 10 nitrogen and oxygen atoms in total. The fourth-order valence-electron chi connectivity index (χ4n) is 4.20. The van der Waals surface area contributed by atoms with Crippen molar-refractivity contribution in [3.63, 3.8) is 0 Å². The van der Waals surface area contributed by atoms with Gasteiger partial charge >= 0.3 is 6.09 Å². The average Bonchev–Trinajstić information content (AvgIpc) is 3.19. The number of aryl methyl sites for hydroxylation is 1. The van der Waals surface area contributed by atoms with E-state index in [-0.39, 0.29) is 29.5 Å². The van der Waals surface area contributed by atoms with E-state index in [1.165, 1.54) is 0 Å². The van der Waals surface area contributed by atoms with Gasteiger partial charge in [-0.25, -0.2) is 9.78 Å². The normalized spacial score (nSPS) is 13.8. The van der Waals surface area contributed by atoms with E-state index < -0.39 is 5.60 Å². The molecule has 0 spiro atoms. The van der Waals surface area contributed by atoms with Gasteiger partial charge in [-0.1, -0.05) is 30.3 Å². The first-order valence-corrected chi connectivity index (χ1v) is 13.1. The number of ether oxygens (including phenoxy) is 2. The largest absolute Gasteiger partial charge is 0.444 e. The first-order chi connectivity index (χ1) is 19.0. The number of nitrogens with zero attached hydrogens (tertiary/aromatic N) is 4. The van der Waals surface area contributed by atoms with Crippen LogP contribution in [-0.2, 0) is 9.47 Å². The zero-order valence-electron chi connectivity index (χ0n) is 23.2. The second-order valence-corrected chi connectivity index (χ2v) is 10.5. The van der Waals surface area contributed by atoms with Crippen LogP contribution >= 0.6 is 0 Å². The van der Waals surface area contributed by atoms with Crippen LogP contribution in [0.2, 0.25) is 0 Å². The van der Waals surface area contributed by atoms with Crippen molar-refractivity contribution < 1.29 is 19.1 Å². The number of rotatable bonds is 4. The lowest BCUT2D eigenvalue weighted by atomic mass is 10.1. The number of carbonyl (C=O) groups excluding carboxylic acids is 2. The molecule has 2 N–H and O–H groups in total. The summed E-state index contributed by atoms with van der Waals surface area (Å²) in [5.74, 6) is -0.528. The summed E-state index contributed by atoms with van der Waals surface area (Å²) in [6.07, 6.45) is 1.91. The minimum atomic E-state index is -0.568. The molecule has 4 rings (SSSR count). The Kier molecular flexibility index (Phi) is 8.57. The molecule has 0 radical (unpaired) electrons. The summed E-state index contributed by atoms with van der Waals surface area (Å²) >= 11 is 0. The number of benzene rings is 2. The van der Waals surface area contributed by atoms with Gasteiger partial charge in [0, 0.05) is 42.9 Å². The zero-order chi connectivity index (χ0) is 28.9. The van der Waals surface area contributed by atoms with Crippen LogP contribution in [0.25, 0.3) is 11.3 Å². The second kappa shape index (κ2) is 12.1. The van der Waals surface area contributed by atoms with Gasteiger partial charge < -0.3 is 19.3 Å². The molecule has 1 saturated heterocycles. The molecule has 208 valence electrons. The molecule has 2 amide bonds. The summed E-state index contributed by atoms with van der Waals surface area (Å²) in [4.78, 5) is 38.0. The summed E-state index contributed by atoms with van der Waals surface area (Å²) in [6.45, 7) is 9.15. The third-order valence-electron chi connectivity index (χ3n) is 6.27. The minimum absolute atomic E-state index is 0.108. The Morgan fingerprint density at radius 1 is 0.850 bits per heavy atom. The fourth-order valence-corrected chi connectivity index (χ4v) is 4.20. The molecule has 3 aromatic rings. The Morgan fingerprint density at radius 2 is 1.50 bits per heavy atom. The second-order valence-electron chi connectivity index (χ2n) is 10.5. The van der Waals surface area contributed by atoms with Crippen LogP contribution in [-0.4, -0.2) is 75.3 Å². The van der Waals surface area contributed by atoms with Crippen LogP contribution in [0.3, 0.4) is 0 Å². The number of amides is 2. The van der Waals surface area contributed by atoms with Gasteiger partial charge in [-0.05, 0) is 58.4 Å². The van der Waals surface area contributed by atoms with Gasteiger partial charge in [0.15, 0.2) is 0 Å². The van der Waals surface area contributed by atoms with Gasteiger partial charge in [0.1, 0.15) is 11.3 Å². The van der Waals surface area contributed by atoms with Crippen molar-refractivity contribution in [1.82, 2.24) is 19.8 Å². The number of carbonyl (C=O) groups is 2. The van der Waals surface area contributed by atoms with E-state index in [1.54, 1.807) is 71.5 Å². The van der Waals surface area contributed by atoms with Gasteiger partial charge in [0.25, 0.3) is 5.91 Å². The predicted octanol–water partition coefficient (Wildman–Crippen LogP) is 4.90. The predicted molar refractivity (Wildman–Crippen MR) is 152 cm³/mol. The highest BCUT2D eigenvalue weighted by atomic mass is 16.6. The standard InChI is InChI=1S/C30H34N6O4/c1-20-25(27(32)39-26(31)22-9-6-5-7-10-22)34-24(19-33-20)21-11-13-23(14-12-21)28(37)35-15-8-16-36(18-17-35)29(38)40-30(2,3)4/h5-7,9-14,19,31-32H,8,15-18H2,1-4H3. The summed E-state index contributed by atoms with van der Waals surface area (Å²) in [5.41, 5.74) is 2.49. The van der Waals surface area contributed by atoms with E-state index in [9.17, 15) is 9.59 Å². The number of nitrogens with one attached hydrogen (secondary N) is 2. The lowest BCUT2D eigenvalue weighted by Crippen LogP contribution is -2.40. The zero-order valence-corrected chi connectivity index (χ0v) is 23.2. The Morgan fingerprint density at radius 3 is 2.17 bits per heavy atom. The molecule has 40 heavy (non-hydrogen) atoms. The molecule has 1 aromatic heterocycles. The van der Waals surface area contributed by atoms with Gasteiger partial charge in [-0.2, -0.15) is 0 Å². The molecule has 1 fully saturated rings. The van der Waals surface area contributed by atoms with Crippen LogP contribution in [0.1, 0.15) is 54.5 Å². The Hall–Kier alpha value is -4.60. The van der Waals surface area contributed by atoms with Gasteiger partial charge in [0.2, 0.25) is 11.8 Å². The molecule has 0 saturated carbocycles. The highest BCUT2D eigenvalue weighted by Crippen LogP contribution is 2.21. The highest BCUT2D eigenvalue weighted by molar-refractivity contribution is 6.04. The number of hydrogen-bond acceptors (Lipinski definition) is 8. The van der Waals surface area contributed by atoms with Crippen molar-refractivity contribution in [2.45, 2.75) is 39.7 Å². The molecular weight excluding hydrogens is 508 g/mol. The maximum Gasteiger partial charge on any atom is 0.410 e. The summed E-state index contributed by atoms with van der Waals surface area (Å²) in [6, 6.07) is 15.9. The van der Waals surface area contributed by atoms with Crippen LogP contribution in [0, 0.1) is 17.7 Å². The van der Waals surface area contributed by atoms with Crippen molar-refractivity contribution in [2.24, 2.45) is 0 Å². The van der Waals surface area contributed by atoms with Crippen LogP contribution in [0.4, 0.5) is 4.79 Å². The first-order valence-electron chi connectivity index (χ1n) is 13.1. The fraction of sp³-hybridized carbons (Fsp3) is 0.333. The van der Waals surface area contributed by atoms with Gasteiger partial charge in [-0.3, -0.25) is 20.6 Å². The molecule has 0 unspecified atom stereocenters. The molecule has 1 aliphatic heterocycles. The monoisotopic (exact) mass is 542 g/mol. The molecule has 10 heteroatoms. The molecule has 0 atom stereocenters. The lowest BCUT2D eigenvalue weighted by molar-refractivity contribution is 0.0255. The molecule has 1 aliphatic rings. The van der Waals surface area contributed by atoms with E-state index in [1.807, 2.05) is 26.8 Å². The van der Waals surface area contributed by atoms with Crippen molar-refractivity contribution in [3.05, 3.63) is 83.3 Å². The quantitative estimate of drug-likeness (QED) is 0.356. The molecule has 2 heterocycles. The highest BCUT2D eigenvalue weighted by Gasteiger charge is 2.26. The van der Waals surface area contributed by atoms with E-state index in [2.05, 4.69) is 9.97 Å². The maximum absolute atomic E-state index is 13.2. The van der Waals surface area contributed by atoms with Crippen LogP contribution in [0.5, 0.6) is 0 Å². The maximum atomic E-state index is 13.2. The Labute approximate surface area is 234 Å². The Balaban J connectivity index is 1.42. The van der Waals surface area contributed by atoms with Crippen LogP contribution in [0.15, 0.2) is 60.8 Å². The van der Waals surface area contributed by atoms with E-state index in [4.69, 9.17) is 20.3 Å². The van der Waals surface area contributed by atoms with E-state index >= 15 is 0 Å². The third kappa shape index (κ3) is 7.07. The number of aromatic nitrogens is 2. The van der Waals surface area contributed by atoms with E-state index in [0.29, 0.717) is 55.1 Å². The molecule has 2 aromatic carbocycles. The van der Waals surface area contributed by atoms with Crippen LogP contribution < -0.4 is 0 Å². The lowest BCUT2D eigenvalue weighted by Gasteiger charge is -2.26. The number of hydrogen-bond donors (Lipinski definition) is 2. The molecule has 0 bridgehead atoms. The first kappa shape index (κ1) is 28.4. The van der Waals surface area contributed by atoms with Crippen molar-refractivity contribution >= 4 is 23.8 Å². The summed E-state index contributed by atoms with van der Waals surface area (Å²) in [7, 11) is 0.